The van der Waals surface area contributed by atoms with E-state index in [1.165, 1.54) is 6.07 Å². The molecule has 1 saturated heterocycles. The molecule has 118 valence electrons. The Bertz CT molecular complexity index is 500. The van der Waals surface area contributed by atoms with Gasteiger partial charge < -0.3 is 15.4 Å². The molecule has 0 bridgehead atoms. The Labute approximate surface area is 122 Å². The van der Waals surface area contributed by atoms with Crippen LogP contribution in [0, 0.1) is 0 Å². The molecule has 0 aromatic heterocycles. The first kappa shape index (κ1) is 16.1. The van der Waals surface area contributed by atoms with Crippen LogP contribution in [-0.4, -0.2) is 31.8 Å². The lowest BCUT2D eigenvalue weighted by atomic mass is 9.98. The van der Waals surface area contributed by atoms with Gasteiger partial charge in [-0.05, 0) is 44.5 Å². The summed E-state index contributed by atoms with van der Waals surface area (Å²) in [7, 11) is 0. The van der Waals surface area contributed by atoms with Gasteiger partial charge in [0.25, 0.3) is 0 Å². The first-order valence-electron chi connectivity index (χ1n) is 7.01. The van der Waals surface area contributed by atoms with E-state index in [-0.39, 0.29) is 5.69 Å². The highest BCUT2D eigenvalue weighted by molar-refractivity contribution is 5.58. The van der Waals surface area contributed by atoms with Gasteiger partial charge in [0.05, 0.1) is 24.3 Å². The lowest BCUT2D eigenvalue weighted by molar-refractivity contribution is -0.137. The highest BCUT2D eigenvalue weighted by atomic mass is 19.4. The lowest BCUT2D eigenvalue weighted by Gasteiger charge is -2.44. The van der Waals surface area contributed by atoms with Crippen molar-refractivity contribution in [2.24, 2.45) is 5.73 Å². The Morgan fingerprint density at radius 1 is 1.33 bits per heavy atom. The maximum atomic E-state index is 13.4. The molecule has 0 radical (unpaired) electrons. The monoisotopic (exact) mass is 302 g/mol. The predicted molar refractivity (Wildman–Crippen MR) is 76.4 cm³/mol. The minimum absolute atomic E-state index is 0.219. The smallest absolute Gasteiger partial charge is 0.377 e. The minimum atomic E-state index is -4.38. The van der Waals surface area contributed by atoms with Gasteiger partial charge in [-0.1, -0.05) is 6.07 Å². The number of morpholine rings is 1. The summed E-state index contributed by atoms with van der Waals surface area (Å²) in [5.41, 5.74) is 5.21. The molecule has 2 N–H and O–H groups in total. The van der Waals surface area contributed by atoms with Crippen molar-refractivity contribution in [2.75, 3.05) is 31.2 Å². The molecule has 0 saturated carbocycles. The van der Waals surface area contributed by atoms with Crippen LogP contribution in [-0.2, 0) is 17.3 Å². The number of ether oxygens (including phenoxy) is 1. The Morgan fingerprint density at radius 2 is 2.05 bits per heavy atom. The van der Waals surface area contributed by atoms with Crippen molar-refractivity contribution in [3.8, 4) is 0 Å². The van der Waals surface area contributed by atoms with Gasteiger partial charge in [0, 0.05) is 12.2 Å². The summed E-state index contributed by atoms with van der Waals surface area (Å²) in [6.45, 7) is 5.41. The quantitative estimate of drug-likeness (QED) is 0.933. The highest BCUT2D eigenvalue weighted by Gasteiger charge is 2.39. The van der Waals surface area contributed by atoms with Crippen molar-refractivity contribution in [1.82, 2.24) is 0 Å². The summed E-state index contributed by atoms with van der Waals surface area (Å²) in [5.74, 6) is 0. The molecule has 2 rings (SSSR count). The minimum Gasteiger partial charge on any atom is -0.377 e. The average Bonchev–Trinajstić information content (AvgIpc) is 2.38. The lowest BCUT2D eigenvalue weighted by Crippen LogP contribution is -2.53. The van der Waals surface area contributed by atoms with Crippen LogP contribution < -0.4 is 10.6 Å². The van der Waals surface area contributed by atoms with E-state index in [0.717, 1.165) is 0 Å². The van der Waals surface area contributed by atoms with Crippen LogP contribution in [0.5, 0.6) is 0 Å². The molecule has 21 heavy (non-hydrogen) atoms. The molecule has 0 aliphatic carbocycles. The standard InChI is InChI=1S/C15H21F3N2O/c1-14(2)10-21-8-7-20(14)13-4-3-11(5-6-19)9-12(13)15(16,17)18/h3-4,9H,5-8,10,19H2,1-2H3. The Hall–Kier alpha value is -1.27. The second-order valence-electron chi connectivity index (χ2n) is 5.90. The van der Waals surface area contributed by atoms with Gasteiger partial charge in [0.1, 0.15) is 0 Å². The van der Waals surface area contributed by atoms with Crippen molar-refractivity contribution in [3.63, 3.8) is 0 Å². The molecule has 0 unspecified atom stereocenters. The molecule has 1 aliphatic rings. The SMILES string of the molecule is CC1(C)COCCN1c1ccc(CCN)cc1C(F)(F)F. The first-order valence-corrected chi connectivity index (χ1v) is 7.01. The van der Waals surface area contributed by atoms with E-state index in [1.54, 1.807) is 17.0 Å². The number of nitrogens with two attached hydrogens (primary N) is 1. The van der Waals surface area contributed by atoms with Crippen molar-refractivity contribution in [3.05, 3.63) is 29.3 Å². The van der Waals surface area contributed by atoms with Crippen LogP contribution in [0.2, 0.25) is 0 Å². The predicted octanol–water partition coefficient (Wildman–Crippen LogP) is 2.82. The molecule has 6 heteroatoms. The topological polar surface area (TPSA) is 38.5 Å². The Balaban J connectivity index is 2.47. The zero-order chi connectivity index (χ0) is 15.7. The van der Waals surface area contributed by atoms with E-state index < -0.39 is 17.3 Å². The van der Waals surface area contributed by atoms with Crippen molar-refractivity contribution < 1.29 is 17.9 Å². The second kappa shape index (κ2) is 5.85. The van der Waals surface area contributed by atoms with Crippen LogP contribution in [0.15, 0.2) is 18.2 Å². The van der Waals surface area contributed by atoms with Crippen LogP contribution in [0.4, 0.5) is 18.9 Å². The highest BCUT2D eigenvalue weighted by Crippen LogP contribution is 2.40. The van der Waals surface area contributed by atoms with Crippen LogP contribution in [0.25, 0.3) is 0 Å². The van der Waals surface area contributed by atoms with Gasteiger partial charge in [-0.2, -0.15) is 13.2 Å². The fourth-order valence-corrected chi connectivity index (χ4v) is 2.67. The van der Waals surface area contributed by atoms with Gasteiger partial charge in [-0.3, -0.25) is 0 Å². The summed E-state index contributed by atoms with van der Waals surface area (Å²) in [6, 6.07) is 4.50. The maximum Gasteiger partial charge on any atom is 0.418 e. The first-order chi connectivity index (χ1) is 9.75. The summed E-state index contributed by atoms with van der Waals surface area (Å²) in [6.07, 6.45) is -3.94. The maximum absolute atomic E-state index is 13.4. The summed E-state index contributed by atoms with van der Waals surface area (Å²) >= 11 is 0. The fourth-order valence-electron chi connectivity index (χ4n) is 2.67. The van der Waals surface area contributed by atoms with Gasteiger partial charge in [0.15, 0.2) is 0 Å². The molecule has 1 heterocycles. The molecule has 1 aliphatic heterocycles. The number of rotatable bonds is 3. The van der Waals surface area contributed by atoms with E-state index >= 15 is 0 Å². The third-order valence-electron chi connectivity index (χ3n) is 3.74. The molecule has 0 atom stereocenters. The number of hydrogen-bond acceptors (Lipinski definition) is 3. The van der Waals surface area contributed by atoms with E-state index in [1.807, 2.05) is 13.8 Å². The van der Waals surface area contributed by atoms with Crippen molar-refractivity contribution in [1.29, 1.82) is 0 Å². The molecular formula is C15H21F3N2O. The van der Waals surface area contributed by atoms with E-state index in [4.69, 9.17) is 10.5 Å². The normalized spacial score (nSPS) is 18.9. The molecular weight excluding hydrogens is 281 g/mol. The van der Waals surface area contributed by atoms with Crippen LogP contribution in [0.3, 0.4) is 0 Å². The molecule has 3 nitrogen and oxygen atoms in total. The Morgan fingerprint density at radius 3 is 2.62 bits per heavy atom. The summed E-state index contributed by atoms with van der Waals surface area (Å²) in [4.78, 5) is 1.78. The fraction of sp³-hybridized carbons (Fsp3) is 0.600. The van der Waals surface area contributed by atoms with Gasteiger partial charge in [-0.25, -0.2) is 0 Å². The number of nitrogens with zero attached hydrogens (tertiary/aromatic N) is 1. The molecule has 0 spiro atoms. The number of halogens is 3. The van der Waals surface area contributed by atoms with Crippen LogP contribution in [0.1, 0.15) is 25.0 Å². The van der Waals surface area contributed by atoms with E-state index in [9.17, 15) is 13.2 Å². The van der Waals surface area contributed by atoms with Crippen molar-refractivity contribution >= 4 is 5.69 Å². The molecule has 1 aromatic carbocycles. The average molecular weight is 302 g/mol. The third kappa shape index (κ3) is 3.49. The molecule has 1 fully saturated rings. The van der Waals surface area contributed by atoms with Gasteiger partial charge >= 0.3 is 6.18 Å². The summed E-state index contributed by atoms with van der Waals surface area (Å²) in [5, 5.41) is 0. The number of benzene rings is 1. The number of hydrogen-bond donors (Lipinski definition) is 1. The van der Waals surface area contributed by atoms with Gasteiger partial charge in [0.2, 0.25) is 0 Å². The Kier molecular flexibility index (Phi) is 4.49. The van der Waals surface area contributed by atoms with Gasteiger partial charge in [-0.15, -0.1) is 0 Å². The molecule has 1 aromatic rings. The third-order valence-corrected chi connectivity index (χ3v) is 3.74. The van der Waals surface area contributed by atoms with Crippen LogP contribution >= 0.6 is 0 Å². The number of alkyl halides is 3. The molecule has 0 amide bonds. The van der Waals surface area contributed by atoms with E-state index in [2.05, 4.69) is 0 Å². The zero-order valence-corrected chi connectivity index (χ0v) is 12.3. The largest absolute Gasteiger partial charge is 0.418 e. The van der Waals surface area contributed by atoms with Crippen molar-refractivity contribution in [2.45, 2.75) is 32.0 Å². The summed E-state index contributed by atoms with van der Waals surface area (Å²) < 4.78 is 45.5. The zero-order valence-electron chi connectivity index (χ0n) is 12.3. The van der Waals surface area contributed by atoms with E-state index in [0.29, 0.717) is 38.3 Å². The second-order valence-corrected chi connectivity index (χ2v) is 5.90. The number of anilines is 1.